The van der Waals surface area contributed by atoms with Gasteiger partial charge in [-0.15, -0.1) is 0 Å². The van der Waals surface area contributed by atoms with E-state index in [4.69, 9.17) is 4.74 Å². The van der Waals surface area contributed by atoms with Crippen LogP contribution in [0.4, 0.5) is 0 Å². The number of carbonyl (C=O) groups excluding carboxylic acids is 1. The minimum atomic E-state index is -0.372. The molecule has 0 unspecified atom stereocenters. The summed E-state index contributed by atoms with van der Waals surface area (Å²) < 4.78 is 5.39. The van der Waals surface area contributed by atoms with Crippen LogP contribution >= 0.6 is 0 Å². The lowest BCUT2D eigenvalue weighted by atomic mass is 10.1. The molecule has 0 aromatic heterocycles. The fourth-order valence-corrected chi connectivity index (χ4v) is 1.97. The van der Waals surface area contributed by atoms with Crippen LogP contribution in [0.5, 0.6) is 23.0 Å². The quantitative estimate of drug-likeness (QED) is 0.693. The highest BCUT2D eigenvalue weighted by molar-refractivity contribution is 6.14. The van der Waals surface area contributed by atoms with Gasteiger partial charge in [-0.3, -0.25) is 4.79 Å². The van der Waals surface area contributed by atoms with E-state index in [0.717, 1.165) is 0 Å². The Hall–Kier alpha value is -2.95. The molecule has 0 radical (unpaired) electrons. The highest BCUT2D eigenvalue weighted by atomic mass is 16.5. The van der Waals surface area contributed by atoms with Crippen molar-refractivity contribution in [3.63, 3.8) is 0 Å². The first-order chi connectivity index (χ1) is 9.54. The van der Waals surface area contributed by atoms with Gasteiger partial charge in [0.15, 0.2) is 5.76 Å². The molecule has 0 fully saturated rings. The first kappa shape index (κ1) is 12.1. The minimum absolute atomic E-state index is 0.0190. The van der Waals surface area contributed by atoms with Gasteiger partial charge in [-0.1, -0.05) is 0 Å². The largest absolute Gasteiger partial charge is 0.508 e. The fourth-order valence-electron chi connectivity index (χ4n) is 1.97. The molecule has 3 N–H and O–H groups in total. The summed E-state index contributed by atoms with van der Waals surface area (Å²) in [5.41, 5.74) is 0.623. The zero-order valence-electron chi connectivity index (χ0n) is 10.2. The molecule has 1 aliphatic rings. The fraction of sp³-hybridized carbons (Fsp3) is 0. The molecular formula is C15H10O5. The Labute approximate surface area is 114 Å². The molecule has 5 nitrogen and oxygen atoms in total. The van der Waals surface area contributed by atoms with Crippen LogP contribution in [0.25, 0.3) is 6.08 Å². The monoisotopic (exact) mass is 270 g/mol. The standard InChI is InChI=1S/C15H10O5/c16-9-3-4-13-11(6-9)15(19)14(20-13)5-8-1-2-10(17)7-12(8)18/h1-7,16-18H/b14-5-. The van der Waals surface area contributed by atoms with Gasteiger partial charge in [0.1, 0.15) is 23.0 Å². The third kappa shape index (κ3) is 1.95. The second-order valence-corrected chi connectivity index (χ2v) is 4.36. The average Bonchev–Trinajstić information content (AvgIpc) is 2.70. The molecule has 0 bridgehead atoms. The van der Waals surface area contributed by atoms with Crippen LogP contribution in [0.15, 0.2) is 42.2 Å². The molecule has 0 atom stereocenters. The van der Waals surface area contributed by atoms with E-state index >= 15 is 0 Å². The lowest BCUT2D eigenvalue weighted by Gasteiger charge is -2.01. The molecule has 0 aliphatic carbocycles. The smallest absolute Gasteiger partial charge is 0.232 e. The topological polar surface area (TPSA) is 87.0 Å². The van der Waals surface area contributed by atoms with Gasteiger partial charge in [-0.05, 0) is 36.4 Å². The van der Waals surface area contributed by atoms with Crippen molar-refractivity contribution in [2.75, 3.05) is 0 Å². The SMILES string of the molecule is O=C1/C(=C/c2ccc(O)cc2O)Oc2ccc(O)cc21. The number of phenolic OH excluding ortho intramolecular Hbond substituents is 3. The molecule has 5 heteroatoms. The molecule has 2 aromatic rings. The van der Waals surface area contributed by atoms with E-state index in [1.807, 2.05) is 0 Å². The first-order valence-corrected chi connectivity index (χ1v) is 5.84. The summed E-state index contributed by atoms with van der Waals surface area (Å²) in [5, 5.41) is 28.3. The minimum Gasteiger partial charge on any atom is -0.508 e. The molecule has 20 heavy (non-hydrogen) atoms. The second kappa shape index (κ2) is 4.31. The van der Waals surface area contributed by atoms with Gasteiger partial charge in [0.05, 0.1) is 5.56 Å². The Kier molecular flexibility index (Phi) is 2.61. The highest BCUT2D eigenvalue weighted by Gasteiger charge is 2.27. The lowest BCUT2D eigenvalue weighted by molar-refractivity contribution is 0.101. The molecule has 100 valence electrons. The zero-order chi connectivity index (χ0) is 14.3. The molecule has 0 saturated heterocycles. The second-order valence-electron chi connectivity index (χ2n) is 4.36. The van der Waals surface area contributed by atoms with E-state index in [9.17, 15) is 20.1 Å². The third-order valence-corrected chi connectivity index (χ3v) is 2.95. The number of fused-ring (bicyclic) bond motifs is 1. The van der Waals surface area contributed by atoms with Crippen molar-refractivity contribution >= 4 is 11.9 Å². The number of aromatic hydroxyl groups is 3. The van der Waals surface area contributed by atoms with Gasteiger partial charge in [0.25, 0.3) is 0 Å². The van der Waals surface area contributed by atoms with Crippen molar-refractivity contribution in [3.8, 4) is 23.0 Å². The van der Waals surface area contributed by atoms with Crippen LogP contribution in [0.1, 0.15) is 15.9 Å². The maximum atomic E-state index is 12.1. The Balaban J connectivity index is 2.01. The van der Waals surface area contributed by atoms with Gasteiger partial charge in [-0.2, -0.15) is 0 Å². The maximum Gasteiger partial charge on any atom is 0.232 e. The van der Waals surface area contributed by atoms with Crippen molar-refractivity contribution < 1.29 is 24.9 Å². The number of carbonyl (C=O) groups is 1. The molecule has 1 aliphatic heterocycles. The van der Waals surface area contributed by atoms with E-state index in [0.29, 0.717) is 11.3 Å². The maximum absolute atomic E-state index is 12.1. The van der Waals surface area contributed by atoms with Crippen LogP contribution in [0.2, 0.25) is 0 Å². The van der Waals surface area contributed by atoms with E-state index in [1.165, 1.54) is 42.5 Å². The van der Waals surface area contributed by atoms with Crippen LogP contribution in [-0.2, 0) is 0 Å². The Bertz CT molecular complexity index is 746. The number of Topliss-reactive ketones (excluding diaryl/α,β-unsaturated/α-hetero) is 1. The van der Waals surface area contributed by atoms with E-state index in [1.54, 1.807) is 0 Å². The van der Waals surface area contributed by atoms with Gasteiger partial charge >= 0.3 is 0 Å². The number of rotatable bonds is 1. The number of hydrogen-bond acceptors (Lipinski definition) is 5. The summed E-state index contributed by atoms with van der Waals surface area (Å²) in [6, 6.07) is 8.28. The predicted octanol–water partition coefficient (Wildman–Crippen LogP) is 2.42. The van der Waals surface area contributed by atoms with E-state index in [2.05, 4.69) is 0 Å². The van der Waals surface area contributed by atoms with E-state index in [-0.39, 0.29) is 34.4 Å². The number of allylic oxidation sites excluding steroid dienone is 1. The van der Waals surface area contributed by atoms with Crippen LogP contribution in [-0.4, -0.2) is 21.1 Å². The average molecular weight is 270 g/mol. The first-order valence-electron chi connectivity index (χ1n) is 5.84. The normalized spacial score (nSPS) is 15.2. The van der Waals surface area contributed by atoms with Gasteiger partial charge < -0.3 is 20.1 Å². The summed E-state index contributed by atoms with van der Waals surface area (Å²) in [6.45, 7) is 0. The van der Waals surface area contributed by atoms with Gasteiger partial charge in [0, 0.05) is 11.6 Å². The Morgan fingerprint density at radius 2 is 1.65 bits per heavy atom. The molecule has 1 heterocycles. The van der Waals surface area contributed by atoms with E-state index < -0.39 is 0 Å². The van der Waals surface area contributed by atoms with Crippen LogP contribution in [0, 0.1) is 0 Å². The zero-order valence-corrected chi connectivity index (χ0v) is 10.2. The van der Waals surface area contributed by atoms with Gasteiger partial charge in [0.2, 0.25) is 5.78 Å². The van der Waals surface area contributed by atoms with Gasteiger partial charge in [-0.25, -0.2) is 0 Å². The summed E-state index contributed by atoms with van der Waals surface area (Å²) in [7, 11) is 0. The highest BCUT2D eigenvalue weighted by Crippen LogP contribution is 2.35. The summed E-state index contributed by atoms with van der Waals surface area (Å²) in [4.78, 5) is 12.1. The number of hydrogen-bond donors (Lipinski definition) is 3. The Morgan fingerprint density at radius 3 is 2.40 bits per heavy atom. The molecule has 0 spiro atoms. The van der Waals surface area contributed by atoms with Crippen molar-refractivity contribution in [1.82, 2.24) is 0 Å². The molecule has 0 amide bonds. The third-order valence-electron chi connectivity index (χ3n) is 2.95. The summed E-state index contributed by atoms with van der Waals surface area (Å²) in [5.74, 6) is -0.217. The lowest BCUT2D eigenvalue weighted by Crippen LogP contribution is -1.98. The van der Waals surface area contributed by atoms with Crippen molar-refractivity contribution in [3.05, 3.63) is 53.3 Å². The Morgan fingerprint density at radius 1 is 0.950 bits per heavy atom. The molecular weight excluding hydrogens is 260 g/mol. The van der Waals surface area contributed by atoms with Crippen molar-refractivity contribution in [2.24, 2.45) is 0 Å². The predicted molar refractivity (Wildman–Crippen MR) is 70.8 cm³/mol. The van der Waals surface area contributed by atoms with Crippen molar-refractivity contribution in [2.45, 2.75) is 0 Å². The number of benzene rings is 2. The van der Waals surface area contributed by atoms with Crippen LogP contribution < -0.4 is 4.74 Å². The van der Waals surface area contributed by atoms with Crippen molar-refractivity contribution in [1.29, 1.82) is 0 Å². The van der Waals surface area contributed by atoms with Crippen LogP contribution in [0.3, 0.4) is 0 Å². The molecule has 0 saturated carbocycles. The number of ether oxygens (including phenoxy) is 1. The summed E-state index contributed by atoms with van der Waals surface area (Å²) in [6.07, 6.45) is 1.38. The number of ketones is 1. The number of phenols is 3. The summed E-state index contributed by atoms with van der Waals surface area (Å²) >= 11 is 0. The molecule has 3 rings (SSSR count). The molecule has 2 aromatic carbocycles.